The number of benzene rings is 1. The lowest BCUT2D eigenvalue weighted by molar-refractivity contribution is -0.385. The summed E-state index contributed by atoms with van der Waals surface area (Å²) in [4.78, 5) is 20.3. The average molecular weight is 227 g/mol. The summed E-state index contributed by atoms with van der Waals surface area (Å²) in [5.74, 6) is -1.38. The number of carboxylic acids is 1. The lowest BCUT2D eigenvalue weighted by Gasteiger charge is -2.00. The van der Waals surface area contributed by atoms with Gasteiger partial charge in [0.2, 0.25) is 0 Å². The van der Waals surface area contributed by atoms with Crippen LogP contribution in [0.2, 0.25) is 5.02 Å². The van der Waals surface area contributed by atoms with E-state index in [0.29, 0.717) is 0 Å². The van der Waals surface area contributed by atoms with E-state index in [9.17, 15) is 14.9 Å². The molecule has 0 aliphatic carbocycles. The van der Waals surface area contributed by atoms with Gasteiger partial charge in [-0.15, -0.1) is 0 Å². The van der Waals surface area contributed by atoms with Gasteiger partial charge in [-0.3, -0.25) is 10.1 Å². The fraction of sp³-hybridized carbons (Fsp3) is 0. The van der Waals surface area contributed by atoms with Crippen LogP contribution in [0.1, 0.15) is 15.9 Å². The molecule has 0 radical (unpaired) electrons. The molecule has 1 rings (SSSR count). The standard InChI is InChI=1S/C8H3ClN2O4/c9-6-1-4(3-10)7(11(14)15)2-5(6)8(12)13/h1-2H,(H,12,13). The second-order valence-corrected chi connectivity index (χ2v) is 2.93. The molecule has 1 aromatic rings. The Morgan fingerprint density at radius 3 is 2.60 bits per heavy atom. The first-order valence-electron chi connectivity index (χ1n) is 3.58. The maximum atomic E-state index is 10.6. The molecule has 0 spiro atoms. The van der Waals surface area contributed by atoms with Gasteiger partial charge in [-0.25, -0.2) is 4.79 Å². The lowest BCUT2D eigenvalue weighted by Crippen LogP contribution is -2.01. The van der Waals surface area contributed by atoms with Gasteiger partial charge in [0.15, 0.2) is 0 Å². The van der Waals surface area contributed by atoms with Gasteiger partial charge in [0.25, 0.3) is 5.69 Å². The first-order valence-corrected chi connectivity index (χ1v) is 3.96. The molecule has 1 N–H and O–H groups in total. The third-order valence-electron chi connectivity index (χ3n) is 1.63. The van der Waals surface area contributed by atoms with Gasteiger partial charge in [-0.1, -0.05) is 11.6 Å². The van der Waals surface area contributed by atoms with Crippen molar-refractivity contribution in [1.29, 1.82) is 5.26 Å². The highest BCUT2D eigenvalue weighted by molar-refractivity contribution is 6.33. The molecule has 7 heteroatoms. The molecule has 0 unspecified atom stereocenters. The number of nitro groups is 1. The maximum Gasteiger partial charge on any atom is 0.337 e. The topological polar surface area (TPSA) is 104 Å². The summed E-state index contributed by atoms with van der Waals surface area (Å²) in [5, 5.41) is 27.5. The number of nitro benzene ring substituents is 1. The third-order valence-corrected chi connectivity index (χ3v) is 1.95. The first kappa shape index (κ1) is 10.9. The van der Waals surface area contributed by atoms with Gasteiger partial charge in [0.1, 0.15) is 11.6 Å². The molecule has 6 nitrogen and oxygen atoms in total. The Labute approximate surface area is 88.5 Å². The van der Waals surface area contributed by atoms with Crippen molar-refractivity contribution in [2.45, 2.75) is 0 Å². The zero-order valence-corrected chi connectivity index (χ0v) is 7.85. The minimum atomic E-state index is -1.38. The van der Waals surface area contributed by atoms with Crippen molar-refractivity contribution in [2.75, 3.05) is 0 Å². The summed E-state index contributed by atoms with van der Waals surface area (Å²) >= 11 is 5.53. The molecule has 0 aliphatic rings. The van der Waals surface area contributed by atoms with E-state index >= 15 is 0 Å². The number of aromatic carboxylic acids is 1. The van der Waals surface area contributed by atoms with Crippen LogP contribution in [0.25, 0.3) is 0 Å². The molecule has 76 valence electrons. The molecule has 1 aromatic carbocycles. The van der Waals surface area contributed by atoms with Gasteiger partial charge in [-0.05, 0) is 6.07 Å². The lowest BCUT2D eigenvalue weighted by atomic mass is 10.1. The fourth-order valence-electron chi connectivity index (χ4n) is 0.966. The summed E-state index contributed by atoms with van der Waals surface area (Å²) < 4.78 is 0. The molecular weight excluding hydrogens is 224 g/mol. The Bertz CT molecular complexity index is 492. The van der Waals surface area contributed by atoms with Crippen LogP contribution in [-0.2, 0) is 0 Å². The maximum absolute atomic E-state index is 10.6. The molecule has 15 heavy (non-hydrogen) atoms. The number of nitrogens with zero attached hydrogens (tertiary/aromatic N) is 2. The number of halogens is 1. The van der Waals surface area contributed by atoms with E-state index in [4.69, 9.17) is 22.0 Å². The Kier molecular flexibility index (Phi) is 2.87. The first-order chi connectivity index (χ1) is 6.97. The second kappa shape index (κ2) is 3.94. The van der Waals surface area contributed by atoms with Crippen molar-refractivity contribution >= 4 is 23.3 Å². The van der Waals surface area contributed by atoms with Crippen molar-refractivity contribution in [1.82, 2.24) is 0 Å². The smallest absolute Gasteiger partial charge is 0.337 e. The van der Waals surface area contributed by atoms with Gasteiger partial charge in [-0.2, -0.15) is 5.26 Å². The monoisotopic (exact) mass is 226 g/mol. The molecular formula is C8H3ClN2O4. The molecule has 0 fully saturated rings. The Hall–Kier alpha value is -2.13. The Morgan fingerprint density at radius 2 is 2.20 bits per heavy atom. The number of hydrogen-bond donors (Lipinski definition) is 1. The van der Waals surface area contributed by atoms with Gasteiger partial charge >= 0.3 is 5.97 Å². The van der Waals surface area contributed by atoms with E-state index in [2.05, 4.69) is 0 Å². The molecule has 0 heterocycles. The fourth-order valence-corrected chi connectivity index (χ4v) is 1.21. The molecule has 0 saturated heterocycles. The highest BCUT2D eigenvalue weighted by Gasteiger charge is 2.20. The molecule has 0 saturated carbocycles. The number of rotatable bonds is 2. The van der Waals surface area contributed by atoms with Crippen LogP contribution in [0.4, 0.5) is 5.69 Å². The van der Waals surface area contributed by atoms with Crippen LogP contribution >= 0.6 is 11.6 Å². The van der Waals surface area contributed by atoms with E-state index in [-0.39, 0.29) is 10.6 Å². The minimum Gasteiger partial charge on any atom is -0.478 e. The number of nitriles is 1. The van der Waals surface area contributed by atoms with E-state index in [1.165, 1.54) is 0 Å². The van der Waals surface area contributed by atoms with Crippen molar-refractivity contribution in [2.24, 2.45) is 0 Å². The highest BCUT2D eigenvalue weighted by Crippen LogP contribution is 2.26. The van der Waals surface area contributed by atoms with E-state index in [1.54, 1.807) is 6.07 Å². The number of carboxylic acid groups (broad SMARTS) is 1. The number of hydrogen-bond acceptors (Lipinski definition) is 4. The summed E-state index contributed by atoms with van der Waals surface area (Å²) in [6, 6.07) is 3.29. The molecule has 0 aromatic heterocycles. The third kappa shape index (κ3) is 2.03. The normalized spacial score (nSPS) is 9.33. The summed E-state index contributed by atoms with van der Waals surface area (Å²) in [6.45, 7) is 0. The van der Waals surface area contributed by atoms with Crippen molar-refractivity contribution in [3.63, 3.8) is 0 Å². The van der Waals surface area contributed by atoms with E-state index in [0.717, 1.165) is 12.1 Å². The molecule has 0 aliphatic heterocycles. The van der Waals surface area contributed by atoms with Crippen LogP contribution < -0.4 is 0 Å². The average Bonchev–Trinajstić information content (AvgIpc) is 2.16. The van der Waals surface area contributed by atoms with E-state index < -0.39 is 22.1 Å². The second-order valence-electron chi connectivity index (χ2n) is 2.52. The summed E-state index contributed by atoms with van der Waals surface area (Å²) in [7, 11) is 0. The van der Waals surface area contributed by atoms with Crippen LogP contribution in [0.5, 0.6) is 0 Å². The van der Waals surface area contributed by atoms with Crippen LogP contribution in [0, 0.1) is 21.4 Å². The van der Waals surface area contributed by atoms with Crippen molar-refractivity contribution in [3.8, 4) is 6.07 Å². The quantitative estimate of drug-likeness (QED) is 0.612. The van der Waals surface area contributed by atoms with Crippen molar-refractivity contribution in [3.05, 3.63) is 38.4 Å². The summed E-state index contributed by atoms with van der Waals surface area (Å²) in [5.41, 5.74) is -1.24. The van der Waals surface area contributed by atoms with Crippen molar-refractivity contribution < 1.29 is 14.8 Å². The SMILES string of the molecule is N#Cc1cc(Cl)c(C(=O)O)cc1[N+](=O)[O-]. The largest absolute Gasteiger partial charge is 0.478 e. The zero-order valence-electron chi connectivity index (χ0n) is 7.10. The van der Waals surface area contributed by atoms with Gasteiger partial charge in [0.05, 0.1) is 15.5 Å². The highest BCUT2D eigenvalue weighted by atomic mass is 35.5. The van der Waals surface area contributed by atoms with Gasteiger partial charge in [0, 0.05) is 6.07 Å². The minimum absolute atomic E-state index is 0.204. The van der Waals surface area contributed by atoms with E-state index in [1.807, 2.05) is 0 Å². The zero-order chi connectivity index (χ0) is 11.6. The van der Waals surface area contributed by atoms with Gasteiger partial charge < -0.3 is 5.11 Å². The Balaban J connectivity index is 3.52. The summed E-state index contributed by atoms with van der Waals surface area (Å²) in [6.07, 6.45) is 0. The predicted octanol–water partition coefficient (Wildman–Crippen LogP) is 1.82. The van der Waals surface area contributed by atoms with Crippen LogP contribution in [0.15, 0.2) is 12.1 Å². The molecule has 0 atom stereocenters. The Morgan fingerprint density at radius 1 is 1.60 bits per heavy atom. The van der Waals surface area contributed by atoms with Crippen LogP contribution in [-0.4, -0.2) is 16.0 Å². The number of carbonyl (C=O) groups is 1. The van der Waals surface area contributed by atoms with Crippen LogP contribution in [0.3, 0.4) is 0 Å². The molecule has 0 bridgehead atoms. The molecule has 0 amide bonds. The predicted molar refractivity (Wildman–Crippen MR) is 49.8 cm³/mol.